The van der Waals surface area contributed by atoms with Gasteiger partial charge in [0.15, 0.2) is 0 Å². The highest BCUT2D eigenvalue weighted by Crippen LogP contribution is 2.38. The quantitative estimate of drug-likeness (QED) is 0.543. The van der Waals surface area contributed by atoms with E-state index in [-0.39, 0.29) is 23.2 Å². The molecule has 3 heterocycles. The number of likely N-dealkylation sites (tertiary alicyclic amines) is 1. The number of fused-ring (bicyclic) bond motifs is 4. The van der Waals surface area contributed by atoms with Gasteiger partial charge >= 0.3 is 6.03 Å². The highest BCUT2D eigenvalue weighted by molar-refractivity contribution is 7.94. The maximum absolute atomic E-state index is 13.3. The van der Waals surface area contributed by atoms with Gasteiger partial charge in [-0.2, -0.15) is 0 Å². The fourth-order valence-electron chi connectivity index (χ4n) is 6.00. The fourth-order valence-corrected chi connectivity index (χ4v) is 7.04. The number of sulfonamides is 1. The molecule has 2 fully saturated rings. The Morgan fingerprint density at radius 1 is 1.17 bits per heavy atom. The Balaban J connectivity index is 1.18. The van der Waals surface area contributed by atoms with Crippen molar-refractivity contribution in [2.24, 2.45) is 4.99 Å². The molecule has 2 saturated heterocycles. The zero-order valence-electron chi connectivity index (χ0n) is 20.5. The van der Waals surface area contributed by atoms with Crippen LogP contribution in [-0.4, -0.2) is 77.2 Å². The van der Waals surface area contributed by atoms with Crippen LogP contribution < -0.4 is 15.4 Å². The van der Waals surface area contributed by atoms with Gasteiger partial charge in [-0.25, -0.2) is 17.9 Å². The van der Waals surface area contributed by atoms with Crippen LogP contribution in [-0.2, 0) is 45.2 Å². The lowest BCUT2D eigenvalue weighted by Crippen LogP contribution is -2.60. The minimum Gasteiger partial charge on any atom is -0.495 e. The molecular weight excluding hydrogens is 482 g/mol. The second-order valence-electron chi connectivity index (χ2n) is 10.3. The molecule has 0 radical (unpaired) electrons. The normalized spacial score (nSPS) is 25.9. The highest BCUT2D eigenvalue weighted by Gasteiger charge is 2.36. The third-order valence-corrected chi connectivity index (χ3v) is 9.38. The van der Waals surface area contributed by atoms with Gasteiger partial charge in [0.1, 0.15) is 23.4 Å². The van der Waals surface area contributed by atoms with Crippen LogP contribution in [0.3, 0.4) is 0 Å². The van der Waals surface area contributed by atoms with Crippen LogP contribution in [0.4, 0.5) is 10.5 Å². The summed E-state index contributed by atoms with van der Waals surface area (Å²) in [6, 6.07) is 1.61. The average Bonchev–Trinajstić information content (AvgIpc) is 3.47. The number of carbonyl (C=O) groups is 1. The zero-order chi connectivity index (χ0) is 24.9. The third kappa shape index (κ3) is 4.42. The van der Waals surface area contributed by atoms with Crippen molar-refractivity contribution in [3.63, 3.8) is 0 Å². The second-order valence-corrected chi connectivity index (χ2v) is 11.9. The molecule has 1 unspecified atom stereocenters. The number of anilines is 1. The first-order chi connectivity index (χ1) is 17.4. The monoisotopic (exact) mass is 515 g/mol. The number of hydrogen-bond acceptors (Lipinski definition) is 8. The van der Waals surface area contributed by atoms with Crippen molar-refractivity contribution in [3.8, 4) is 0 Å². The number of benzene rings is 1. The smallest absolute Gasteiger partial charge is 0.333 e. The summed E-state index contributed by atoms with van der Waals surface area (Å²) in [5, 5.41) is 6.28. The molecule has 1 aromatic carbocycles. The average molecular weight is 516 g/mol. The number of urea groups is 1. The minimum atomic E-state index is -4.17. The summed E-state index contributed by atoms with van der Waals surface area (Å²) >= 11 is 0. The molecule has 1 aromatic rings. The molecule has 0 spiro atoms. The SMILES string of the molecule is COC1CN([C@@H]2CNC3CC(=C(S(=O)(=O)NC(=O)Nc4c5c(cc6c4CCC6)CCC5)C=N3)OC2)C1. The van der Waals surface area contributed by atoms with Gasteiger partial charge in [-0.3, -0.25) is 15.2 Å². The van der Waals surface area contributed by atoms with E-state index in [2.05, 4.69) is 31.3 Å². The Bertz CT molecular complexity index is 1210. The van der Waals surface area contributed by atoms with Gasteiger partial charge in [-0.1, -0.05) is 6.07 Å². The molecule has 2 amide bonds. The summed E-state index contributed by atoms with van der Waals surface area (Å²) in [5.41, 5.74) is 5.64. The van der Waals surface area contributed by atoms with Gasteiger partial charge in [-0.05, 0) is 60.8 Å². The molecule has 3 N–H and O–H groups in total. The summed E-state index contributed by atoms with van der Waals surface area (Å²) < 4.78 is 40.1. The van der Waals surface area contributed by atoms with Crippen LogP contribution >= 0.6 is 0 Å². The lowest BCUT2D eigenvalue weighted by Gasteiger charge is -2.44. The molecule has 0 saturated carbocycles. The van der Waals surface area contributed by atoms with E-state index in [1.165, 1.54) is 17.3 Å². The first-order valence-corrected chi connectivity index (χ1v) is 14.3. The lowest BCUT2D eigenvalue weighted by atomic mass is 9.99. The van der Waals surface area contributed by atoms with Gasteiger partial charge in [0, 0.05) is 45.1 Å². The van der Waals surface area contributed by atoms with Gasteiger partial charge in [0.05, 0.1) is 12.1 Å². The maximum Gasteiger partial charge on any atom is 0.333 e. The summed E-state index contributed by atoms with van der Waals surface area (Å²) in [7, 11) is -2.46. The van der Waals surface area contributed by atoms with Crippen molar-refractivity contribution >= 4 is 28.0 Å². The number of ether oxygens (including phenoxy) is 2. The highest BCUT2D eigenvalue weighted by atomic mass is 32.2. The van der Waals surface area contributed by atoms with Crippen LogP contribution in [0.1, 0.15) is 41.5 Å². The van der Waals surface area contributed by atoms with E-state index in [1.807, 2.05) is 0 Å². The van der Waals surface area contributed by atoms with Gasteiger partial charge in [0.25, 0.3) is 10.0 Å². The first-order valence-electron chi connectivity index (χ1n) is 12.8. The number of amides is 2. The first kappa shape index (κ1) is 23.9. The Morgan fingerprint density at radius 3 is 2.58 bits per heavy atom. The number of rotatable bonds is 5. The van der Waals surface area contributed by atoms with Crippen LogP contribution in [0.5, 0.6) is 0 Å². The van der Waals surface area contributed by atoms with E-state index in [0.717, 1.165) is 68.4 Å². The Kier molecular flexibility index (Phi) is 6.27. The van der Waals surface area contributed by atoms with E-state index in [9.17, 15) is 13.2 Å². The van der Waals surface area contributed by atoms with E-state index in [0.29, 0.717) is 25.3 Å². The predicted molar refractivity (Wildman–Crippen MR) is 136 cm³/mol. The van der Waals surface area contributed by atoms with E-state index >= 15 is 0 Å². The van der Waals surface area contributed by atoms with Crippen LogP contribution in [0.15, 0.2) is 21.7 Å². The predicted octanol–water partition coefficient (Wildman–Crippen LogP) is 1.45. The molecule has 2 atom stereocenters. The van der Waals surface area contributed by atoms with Crippen LogP contribution in [0, 0.1) is 0 Å². The number of aliphatic imine (C=N–C) groups is 1. The number of carbonyl (C=O) groups excluding carboxylic acids is 1. The van der Waals surface area contributed by atoms with Crippen molar-refractivity contribution in [1.82, 2.24) is 14.9 Å². The number of nitrogens with zero attached hydrogens (tertiary/aromatic N) is 2. The summed E-state index contributed by atoms with van der Waals surface area (Å²) in [6.07, 6.45) is 7.49. The van der Waals surface area contributed by atoms with E-state index < -0.39 is 16.1 Å². The van der Waals surface area contributed by atoms with E-state index in [4.69, 9.17) is 9.47 Å². The Labute approximate surface area is 211 Å². The molecule has 2 aliphatic carbocycles. The topological polar surface area (TPSA) is 121 Å². The standard InChI is InChI=1S/C25H33N5O5S/c1-34-18-12-30(13-18)17-10-26-23-9-21(35-14-17)22(11-27-23)36(32,33)29-25(31)28-24-19-6-2-4-15(19)8-16-5-3-7-20(16)24/h8,11,17-18,23,26H,2-7,9-10,12-14H2,1H3,(H2,28,29,31)/t17-,23?/m1/s1. The van der Waals surface area contributed by atoms with Crippen molar-refractivity contribution in [3.05, 3.63) is 39.0 Å². The minimum absolute atomic E-state index is 0.0850. The number of allylic oxidation sites excluding steroid dienone is 1. The number of nitrogens with one attached hydrogen (secondary N) is 3. The lowest BCUT2D eigenvalue weighted by molar-refractivity contribution is -0.0651. The van der Waals surface area contributed by atoms with Crippen LogP contribution in [0.25, 0.3) is 0 Å². The molecule has 5 aliphatic rings. The molecule has 10 nitrogen and oxygen atoms in total. The van der Waals surface area contributed by atoms with Gasteiger partial charge < -0.3 is 14.8 Å². The zero-order valence-corrected chi connectivity index (χ0v) is 21.3. The Hall–Kier alpha value is -2.47. The molecule has 194 valence electrons. The number of methoxy groups -OCH3 is 1. The van der Waals surface area contributed by atoms with Crippen molar-refractivity contribution in [2.75, 3.05) is 38.7 Å². The van der Waals surface area contributed by atoms with Crippen molar-refractivity contribution < 1.29 is 22.7 Å². The number of dihydropyridines is 1. The summed E-state index contributed by atoms with van der Waals surface area (Å²) in [4.78, 5) is 19.5. The number of hydrogen-bond donors (Lipinski definition) is 3. The molecule has 3 aliphatic heterocycles. The molecular formula is C25H33N5O5S. The largest absolute Gasteiger partial charge is 0.495 e. The second kappa shape index (κ2) is 9.44. The summed E-state index contributed by atoms with van der Waals surface area (Å²) in [6.45, 7) is 2.69. The molecule has 6 rings (SSSR count). The maximum atomic E-state index is 13.3. The fraction of sp³-hybridized carbons (Fsp3) is 0.600. The van der Waals surface area contributed by atoms with E-state index in [1.54, 1.807) is 7.11 Å². The molecule has 0 aromatic heterocycles. The van der Waals surface area contributed by atoms with Crippen molar-refractivity contribution in [2.45, 2.75) is 63.3 Å². The number of aryl methyl sites for hydroxylation is 2. The molecule has 2 bridgehead atoms. The van der Waals surface area contributed by atoms with Gasteiger partial charge in [-0.15, -0.1) is 0 Å². The Morgan fingerprint density at radius 2 is 1.89 bits per heavy atom. The third-order valence-electron chi connectivity index (χ3n) is 8.02. The van der Waals surface area contributed by atoms with Crippen molar-refractivity contribution in [1.29, 1.82) is 0 Å². The van der Waals surface area contributed by atoms with Crippen LogP contribution in [0.2, 0.25) is 0 Å². The molecule has 11 heteroatoms. The summed E-state index contributed by atoms with van der Waals surface area (Å²) in [5.74, 6) is 0.331. The molecule has 36 heavy (non-hydrogen) atoms. The van der Waals surface area contributed by atoms with Gasteiger partial charge in [0.2, 0.25) is 0 Å².